The first-order chi connectivity index (χ1) is 15.5. The molecule has 0 saturated carbocycles. The van der Waals surface area contributed by atoms with Crippen LogP contribution in [0.2, 0.25) is 0 Å². The molecule has 0 bridgehead atoms. The quantitative estimate of drug-likeness (QED) is 0.347. The number of benzene rings is 2. The van der Waals surface area contributed by atoms with Gasteiger partial charge >= 0.3 is 11.6 Å². The van der Waals surface area contributed by atoms with Gasteiger partial charge in [-0.05, 0) is 42.3 Å². The van der Waals surface area contributed by atoms with Gasteiger partial charge in [0.1, 0.15) is 24.2 Å². The molecular formula is C23H18N2O7. The van der Waals surface area contributed by atoms with Gasteiger partial charge in [0, 0.05) is 23.6 Å². The number of fused-ring (bicyclic) bond motifs is 1. The van der Waals surface area contributed by atoms with Crippen molar-refractivity contribution in [1.82, 2.24) is 5.16 Å². The number of hydrogen-bond donors (Lipinski definition) is 1. The molecule has 2 aromatic carbocycles. The second kappa shape index (κ2) is 9.17. The van der Waals surface area contributed by atoms with Crippen LogP contribution >= 0.6 is 0 Å². The Bertz CT molecular complexity index is 1310. The molecule has 1 N–H and O–H groups in total. The fourth-order valence-electron chi connectivity index (χ4n) is 2.97. The maximum Gasteiger partial charge on any atom is 0.338 e. The molecule has 0 unspecified atom stereocenters. The van der Waals surface area contributed by atoms with Crippen LogP contribution in [0.3, 0.4) is 0 Å². The SMILES string of the molecule is Cc1cc(=O)oc2cc(OCc3ccc(C(=O)OCC(=O)Nc4ccon4)cc3)ccc12. The molecule has 0 fully saturated rings. The predicted octanol–water partition coefficient (Wildman–Crippen LogP) is 3.46. The molecule has 162 valence electrons. The minimum Gasteiger partial charge on any atom is -0.489 e. The Balaban J connectivity index is 1.31. The zero-order valence-corrected chi connectivity index (χ0v) is 17.0. The number of nitrogens with zero attached hydrogens (tertiary/aromatic N) is 1. The number of esters is 1. The van der Waals surface area contributed by atoms with E-state index >= 15 is 0 Å². The molecule has 2 aromatic heterocycles. The largest absolute Gasteiger partial charge is 0.489 e. The summed E-state index contributed by atoms with van der Waals surface area (Å²) in [5, 5.41) is 6.80. The zero-order valence-electron chi connectivity index (χ0n) is 17.0. The summed E-state index contributed by atoms with van der Waals surface area (Å²) >= 11 is 0. The highest BCUT2D eigenvalue weighted by molar-refractivity contribution is 5.95. The number of nitrogens with one attached hydrogen (secondary N) is 1. The van der Waals surface area contributed by atoms with Crippen LogP contribution in [-0.2, 0) is 16.1 Å². The maximum atomic E-state index is 12.1. The van der Waals surface area contributed by atoms with Crippen molar-refractivity contribution < 1.29 is 28.0 Å². The van der Waals surface area contributed by atoms with Crippen molar-refractivity contribution in [3.8, 4) is 5.75 Å². The Morgan fingerprint density at radius 1 is 1.06 bits per heavy atom. The summed E-state index contributed by atoms with van der Waals surface area (Å²) in [4.78, 5) is 35.4. The van der Waals surface area contributed by atoms with E-state index in [1.54, 1.807) is 36.4 Å². The van der Waals surface area contributed by atoms with Crippen molar-refractivity contribution in [1.29, 1.82) is 0 Å². The lowest BCUT2D eigenvalue weighted by atomic mass is 10.1. The van der Waals surface area contributed by atoms with Gasteiger partial charge in [0.15, 0.2) is 12.4 Å². The third kappa shape index (κ3) is 5.01. The van der Waals surface area contributed by atoms with E-state index in [-0.39, 0.29) is 12.4 Å². The number of carbonyl (C=O) groups excluding carboxylic acids is 2. The Kier molecular flexibility index (Phi) is 5.98. The minimum atomic E-state index is -0.632. The highest BCUT2D eigenvalue weighted by Gasteiger charge is 2.11. The standard InChI is InChI=1S/C23H18N2O7/c1-14-10-22(27)32-19-11-17(6-7-18(14)19)29-12-15-2-4-16(5-3-15)23(28)30-13-21(26)24-20-8-9-31-25-20/h2-11H,12-13H2,1H3,(H,24,25,26). The summed E-state index contributed by atoms with van der Waals surface area (Å²) < 4.78 is 20.6. The van der Waals surface area contributed by atoms with E-state index in [2.05, 4.69) is 15.0 Å². The summed E-state index contributed by atoms with van der Waals surface area (Å²) in [5.74, 6) is -0.377. The number of hydrogen-bond acceptors (Lipinski definition) is 8. The molecule has 9 nitrogen and oxygen atoms in total. The number of aryl methyl sites for hydroxylation is 1. The molecule has 4 aromatic rings. The van der Waals surface area contributed by atoms with Gasteiger partial charge in [-0.3, -0.25) is 4.79 Å². The van der Waals surface area contributed by atoms with Crippen LogP contribution in [0.5, 0.6) is 5.75 Å². The summed E-state index contributed by atoms with van der Waals surface area (Å²) in [6.07, 6.45) is 1.31. The second-order valence-corrected chi connectivity index (χ2v) is 6.90. The topological polar surface area (TPSA) is 121 Å². The molecule has 4 rings (SSSR count). The van der Waals surface area contributed by atoms with E-state index in [1.807, 2.05) is 13.0 Å². The third-order valence-corrected chi connectivity index (χ3v) is 4.56. The van der Waals surface area contributed by atoms with Crippen LogP contribution in [0.25, 0.3) is 11.0 Å². The molecule has 0 radical (unpaired) electrons. The van der Waals surface area contributed by atoms with Crippen LogP contribution in [0, 0.1) is 6.92 Å². The van der Waals surface area contributed by atoms with Gasteiger partial charge in [0.05, 0.1) is 5.56 Å². The van der Waals surface area contributed by atoms with E-state index < -0.39 is 24.1 Å². The normalized spacial score (nSPS) is 10.7. The Morgan fingerprint density at radius 2 is 1.88 bits per heavy atom. The molecule has 1 amide bonds. The number of rotatable bonds is 7. The lowest BCUT2D eigenvalue weighted by Crippen LogP contribution is -2.21. The Hall–Kier alpha value is -4.40. The summed E-state index contributed by atoms with van der Waals surface area (Å²) in [7, 11) is 0. The number of anilines is 1. The molecule has 0 atom stereocenters. The minimum absolute atomic E-state index is 0.235. The van der Waals surface area contributed by atoms with Crippen molar-refractivity contribution in [2.75, 3.05) is 11.9 Å². The fourth-order valence-corrected chi connectivity index (χ4v) is 2.97. The van der Waals surface area contributed by atoms with Crippen LogP contribution in [0.15, 0.2) is 74.6 Å². The number of carbonyl (C=O) groups is 2. The monoisotopic (exact) mass is 434 g/mol. The van der Waals surface area contributed by atoms with Crippen molar-refractivity contribution in [2.45, 2.75) is 13.5 Å². The fraction of sp³-hybridized carbons (Fsp3) is 0.130. The lowest BCUT2D eigenvalue weighted by Gasteiger charge is -2.09. The van der Waals surface area contributed by atoms with Gasteiger partial charge in [-0.15, -0.1) is 0 Å². The molecule has 0 spiro atoms. The van der Waals surface area contributed by atoms with Gasteiger partial charge < -0.3 is 23.7 Å². The van der Waals surface area contributed by atoms with E-state index in [1.165, 1.54) is 18.4 Å². The molecular weight excluding hydrogens is 416 g/mol. The van der Waals surface area contributed by atoms with Gasteiger partial charge in [0.25, 0.3) is 5.91 Å². The van der Waals surface area contributed by atoms with Crippen LogP contribution in [-0.4, -0.2) is 23.6 Å². The molecule has 32 heavy (non-hydrogen) atoms. The van der Waals surface area contributed by atoms with Crippen LogP contribution in [0.1, 0.15) is 21.5 Å². The predicted molar refractivity (Wildman–Crippen MR) is 113 cm³/mol. The average Bonchev–Trinajstić information content (AvgIpc) is 3.29. The first kappa shape index (κ1) is 20.9. The molecule has 0 aliphatic rings. The zero-order chi connectivity index (χ0) is 22.5. The maximum absolute atomic E-state index is 12.1. The molecule has 0 aliphatic carbocycles. The smallest absolute Gasteiger partial charge is 0.338 e. The van der Waals surface area contributed by atoms with Gasteiger partial charge in [-0.25, -0.2) is 9.59 Å². The third-order valence-electron chi connectivity index (χ3n) is 4.56. The summed E-state index contributed by atoms with van der Waals surface area (Å²) in [6.45, 7) is 1.64. The first-order valence-electron chi connectivity index (χ1n) is 9.61. The van der Waals surface area contributed by atoms with Crippen molar-refractivity contribution >= 4 is 28.7 Å². The second-order valence-electron chi connectivity index (χ2n) is 6.90. The number of amides is 1. The van der Waals surface area contributed by atoms with E-state index in [0.29, 0.717) is 16.9 Å². The van der Waals surface area contributed by atoms with E-state index in [9.17, 15) is 14.4 Å². The van der Waals surface area contributed by atoms with Crippen molar-refractivity contribution in [3.63, 3.8) is 0 Å². The van der Waals surface area contributed by atoms with E-state index in [0.717, 1.165) is 16.5 Å². The van der Waals surface area contributed by atoms with Gasteiger partial charge in [0.2, 0.25) is 0 Å². The summed E-state index contributed by atoms with van der Waals surface area (Å²) in [6, 6.07) is 14.8. The first-order valence-corrected chi connectivity index (χ1v) is 9.61. The van der Waals surface area contributed by atoms with Crippen LogP contribution < -0.4 is 15.7 Å². The van der Waals surface area contributed by atoms with E-state index in [4.69, 9.17) is 13.9 Å². The molecule has 0 aliphatic heterocycles. The summed E-state index contributed by atoms with van der Waals surface area (Å²) in [5.41, 5.74) is 1.99. The average molecular weight is 434 g/mol. The Morgan fingerprint density at radius 3 is 2.62 bits per heavy atom. The van der Waals surface area contributed by atoms with Gasteiger partial charge in [-0.2, -0.15) is 0 Å². The molecule has 0 saturated heterocycles. The van der Waals surface area contributed by atoms with Gasteiger partial charge in [-0.1, -0.05) is 17.3 Å². The van der Waals surface area contributed by atoms with Crippen molar-refractivity contribution in [3.05, 3.63) is 88.0 Å². The molecule has 9 heteroatoms. The lowest BCUT2D eigenvalue weighted by molar-refractivity contribution is -0.119. The number of aromatic nitrogens is 1. The Labute approximate surface area is 181 Å². The highest BCUT2D eigenvalue weighted by atomic mass is 16.5. The number of ether oxygens (including phenoxy) is 2. The van der Waals surface area contributed by atoms with Crippen molar-refractivity contribution in [2.24, 2.45) is 0 Å². The van der Waals surface area contributed by atoms with Crippen LogP contribution in [0.4, 0.5) is 5.82 Å². The highest BCUT2D eigenvalue weighted by Crippen LogP contribution is 2.23. The molecule has 2 heterocycles.